The number of benzene rings is 1. The van der Waals surface area contributed by atoms with E-state index in [4.69, 9.17) is 13.9 Å². The van der Waals surface area contributed by atoms with Crippen LogP contribution in [0, 0.1) is 13.8 Å². The van der Waals surface area contributed by atoms with Crippen LogP contribution in [0.4, 0.5) is 5.69 Å². The number of aromatic amines is 1. The molecule has 3 aromatic rings. The average Bonchev–Trinajstić information content (AvgIpc) is 3.25. The van der Waals surface area contributed by atoms with Crippen molar-refractivity contribution >= 4 is 22.6 Å². The Balaban J connectivity index is 1.66. The standard InChI is InChI=1S/C24H29N3O5/c1-14-11-20(30-4)18(23(28)26-14)13-25-24(29)22-15(2)19(12-21-17(22)7-10-32-21)27(3)16-5-8-31-9-6-16/h7,10-12,16H,5-6,8-9,13H2,1-4H3,(H,25,29)(H,26,28). The number of ether oxygens (including phenoxy) is 2. The van der Waals surface area contributed by atoms with Gasteiger partial charge in [0.15, 0.2) is 0 Å². The predicted molar refractivity (Wildman–Crippen MR) is 123 cm³/mol. The zero-order valence-electron chi connectivity index (χ0n) is 18.9. The number of methoxy groups -OCH3 is 1. The third-order valence-electron chi connectivity index (χ3n) is 6.21. The number of hydrogen-bond acceptors (Lipinski definition) is 6. The summed E-state index contributed by atoms with van der Waals surface area (Å²) in [4.78, 5) is 30.7. The first-order valence-corrected chi connectivity index (χ1v) is 10.8. The molecule has 8 heteroatoms. The zero-order chi connectivity index (χ0) is 22.8. The van der Waals surface area contributed by atoms with Crippen molar-refractivity contribution in [3.63, 3.8) is 0 Å². The molecule has 0 radical (unpaired) electrons. The minimum atomic E-state index is -0.277. The maximum absolute atomic E-state index is 13.3. The first kappa shape index (κ1) is 22.0. The molecule has 32 heavy (non-hydrogen) atoms. The van der Waals surface area contributed by atoms with Gasteiger partial charge in [0.1, 0.15) is 11.3 Å². The lowest BCUT2D eigenvalue weighted by Gasteiger charge is -2.34. The van der Waals surface area contributed by atoms with Crippen molar-refractivity contribution in [2.24, 2.45) is 0 Å². The van der Waals surface area contributed by atoms with Crippen molar-refractivity contribution < 1.29 is 18.7 Å². The van der Waals surface area contributed by atoms with E-state index in [-0.39, 0.29) is 18.0 Å². The molecule has 1 saturated heterocycles. The molecule has 0 bridgehead atoms. The maximum Gasteiger partial charge on any atom is 0.256 e. The van der Waals surface area contributed by atoms with Gasteiger partial charge in [0, 0.05) is 49.1 Å². The molecular weight excluding hydrogens is 410 g/mol. The fraction of sp³-hybridized carbons (Fsp3) is 0.417. The summed E-state index contributed by atoms with van der Waals surface area (Å²) in [7, 11) is 3.56. The molecule has 0 spiro atoms. The van der Waals surface area contributed by atoms with Gasteiger partial charge >= 0.3 is 0 Å². The molecule has 0 aliphatic carbocycles. The summed E-state index contributed by atoms with van der Waals surface area (Å²) in [5.74, 6) is 0.183. The number of carbonyl (C=O) groups excluding carboxylic acids is 1. The van der Waals surface area contributed by atoms with E-state index in [2.05, 4.69) is 15.2 Å². The van der Waals surface area contributed by atoms with Crippen LogP contribution in [0.25, 0.3) is 11.0 Å². The molecule has 8 nitrogen and oxygen atoms in total. The lowest BCUT2D eigenvalue weighted by atomic mass is 9.98. The van der Waals surface area contributed by atoms with E-state index in [0.29, 0.717) is 34.2 Å². The van der Waals surface area contributed by atoms with E-state index in [1.165, 1.54) is 7.11 Å². The van der Waals surface area contributed by atoms with E-state index < -0.39 is 0 Å². The second-order valence-corrected chi connectivity index (χ2v) is 8.19. The zero-order valence-corrected chi connectivity index (χ0v) is 18.9. The van der Waals surface area contributed by atoms with Gasteiger partial charge in [0.25, 0.3) is 11.5 Å². The lowest BCUT2D eigenvalue weighted by molar-refractivity contribution is 0.0854. The van der Waals surface area contributed by atoms with Crippen molar-refractivity contribution in [1.82, 2.24) is 10.3 Å². The topological polar surface area (TPSA) is 96.8 Å². The van der Waals surface area contributed by atoms with Gasteiger partial charge < -0.3 is 29.1 Å². The molecule has 1 fully saturated rings. The summed E-state index contributed by atoms with van der Waals surface area (Å²) in [5, 5.41) is 3.64. The first-order valence-electron chi connectivity index (χ1n) is 10.8. The lowest BCUT2D eigenvalue weighted by Crippen LogP contribution is -2.37. The van der Waals surface area contributed by atoms with Crippen molar-refractivity contribution in [2.45, 2.75) is 39.3 Å². The molecule has 170 valence electrons. The Morgan fingerprint density at radius 2 is 2.03 bits per heavy atom. The highest BCUT2D eigenvalue weighted by Gasteiger charge is 2.25. The molecule has 1 aromatic carbocycles. The monoisotopic (exact) mass is 439 g/mol. The smallest absolute Gasteiger partial charge is 0.256 e. The van der Waals surface area contributed by atoms with E-state index in [9.17, 15) is 9.59 Å². The van der Waals surface area contributed by atoms with Crippen LogP contribution >= 0.6 is 0 Å². The summed E-state index contributed by atoms with van der Waals surface area (Å²) in [5.41, 5.74) is 3.82. The van der Waals surface area contributed by atoms with Crippen LogP contribution in [0.15, 0.2) is 33.7 Å². The maximum atomic E-state index is 13.3. The minimum Gasteiger partial charge on any atom is -0.496 e. The van der Waals surface area contributed by atoms with Crippen molar-refractivity contribution in [1.29, 1.82) is 0 Å². The molecule has 2 aromatic heterocycles. The Morgan fingerprint density at radius 1 is 1.28 bits per heavy atom. The van der Waals surface area contributed by atoms with Crippen LogP contribution < -0.4 is 20.5 Å². The number of nitrogens with one attached hydrogen (secondary N) is 2. The number of hydrogen-bond donors (Lipinski definition) is 2. The quantitative estimate of drug-likeness (QED) is 0.612. The Labute approximate surface area is 186 Å². The number of pyridine rings is 1. The van der Waals surface area contributed by atoms with Gasteiger partial charge in [-0.2, -0.15) is 0 Å². The fourth-order valence-corrected chi connectivity index (χ4v) is 4.42. The van der Waals surface area contributed by atoms with E-state index in [1.807, 2.05) is 20.0 Å². The molecule has 1 aliphatic heterocycles. The molecule has 0 saturated carbocycles. The van der Waals surface area contributed by atoms with Gasteiger partial charge in [-0.15, -0.1) is 0 Å². The van der Waals surface area contributed by atoms with Crippen LogP contribution in [0.5, 0.6) is 5.75 Å². The molecule has 4 rings (SSSR count). The number of rotatable bonds is 6. The molecule has 0 unspecified atom stereocenters. The van der Waals surface area contributed by atoms with Gasteiger partial charge in [-0.1, -0.05) is 0 Å². The predicted octanol–water partition coefficient (Wildman–Crippen LogP) is 3.29. The highest BCUT2D eigenvalue weighted by molar-refractivity contribution is 6.09. The van der Waals surface area contributed by atoms with Crippen LogP contribution in [-0.2, 0) is 11.3 Å². The SMILES string of the molecule is COc1cc(C)[nH]c(=O)c1CNC(=O)c1c(C)c(N(C)C2CCOCC2)cc2occc12. The largest absolute Gasteiger partial charge is 0.496 e. The number of fused-ring (bicyclic) bond motifs is 1. The van der Waals surface area contributed by atoms with E-state index in [1.54, 1.807) is 25.3 Å². The fourth-order valence-electron chi connectivity index (χ4n) is 4.42. The molecule has 3 heterocycles. The number of carbonyl (C=O) groups is 1. The van der Waals surface area contributed by atoms with Crippen LogP contribution in [-0.4, -0.2) is 44.3 Å². The Bertz CT molecular complexity index is 1190. The number of aromatic nitrogens is 1. The molecule has 1 amide bonds. The molecule has 0 atom stereocenters. The number of nitrogens with zero attached hydrogens (tertiary/aromatic N) is 1. The summed E-state index contributed by atoms with van der Waals surface area (Å²) in [6.45, 7) is 5.25. The minimum absolute atomic E-state index is 0.0520. The van der Waals surface area contributed by atoms with Crippen molar-refractivity contribution in [3.05, 3.63) is 57.2 Å². The Hall–Kier alpha value is -3.26. The van der Waals surface area contributed by atoms with Gasteiger partial charge in [-0.25, -0.2) is 0 Å². The van der Waals surface area contributed by atoms with Gasteiger partial charge in [-0.05, 0) is 44.4 Å². The highest BCUT2D eigenvalue weighted by atomic mass is 16.5. The van der Waals surface area contributed by atoms with Crippen LogP contribution in [0.3, 0.4) is 0 Å². The molecule has 2 N–H and O–H groups in total. The highest BCUT2D eigenvalue weighted by Crippen LogP contribution is 2.34. The van der Waals surface area contributed by atoms with Crippen LogP contribution in [0.1, 0.15) is 40.0 Å². The van der Waals surface area contributed by atoms with E-state index in [0.717, 1.165) is 42.7 Å². The molecular formula is C24H29N3O5. The number of anilines is 1. The average molecular weight is 440 g/mol. The number of H-pyrrole nitrogens is 1. The number of amides is 1. The van der Waals surface area contributed by atoms with Crippen LogP contribution in [0.2, 0.25) is 0 Å². The van der Waals surface area contributed by atoms with Crippen molar-refractivity contribution in [3.8, 4) is 5.75 Å². The Morgan fingerprint density at radius 3 is 2.75 bits per heavy atom. The third-order valence-corrected chi connectivity index (χ3v) is 6.21. The third kappa shape index (κ3) is 4.10. The number of furan rings is 1. The number of aryl methyl sites for hydroxylation is 1. The van der Waals surface area contributed by atoms with Crippen molar-refractivity contribution in [2.75, 3.05) is 32.3 Å². The van der Waals surface area contributed by atoms with Gasteiger partial charge in [-0.3, -0.25) is 9.59 Å². The molecule has 1 aliphatic rings. The van der Waals surface area contributed by atoms with Gasteiger partial charge in [0.2, 0.25) is 0 Å². The summed E-state index contributed by atoms with van der Waals surface area (Å²) in [6.07, 6.45) is 3.46. The normalized spacial score (nSPS) is 14.5. The summed E-state index contributed by atoms with van der Waals surface area (Å²) in [6, 6.07) is 5.87. The van der Waals surface area contributed by atoms with E-state index >= 15 is 0 Å². The summed E-state index contributed by atoms with van der Waals surface area (Å²) < 4.78 is 16.5. The first-order chi connectivity index (χ1) is 15.4. The van der Waals surface area contributed by atoms with Gasteiger partial charge in [0.05, 0.1) is 31.0 Å². The second kappa shape index (κ2) is 9.08. The second-order valence-electron chi connectivity index (χ2n) is 8.19. The summed E-state index contributed by atoms with van der Waals surface area (Å²) >= 11 is 0. The Kier molecular flexibility index (Phi) is 6.23.